The topological polar surface area (TPSA) is 71.9 Å². The lowest BCUT2D eigenvalue weighted by atomic mass is 9.84. The van der Waals surface area contributed by atoms with E-state index in [1.54, 1.807) is 0 Å². The molecule has 2 saturated heterocycles. The molecular formula is C18H23F3N2O4. The van der Waals surface area contributed by atoms with Crippen molar-refractivity contribution in [2.75, 3.05) is 33.0 Å². The number of aliphatic hydroxyl groups excluding tert-OH is 1. The van der Waals surface area contributed by atoms with Gasteiger partial charge in [-0.25, -0.2) is 18.0 Å². The van der Waals surface area contributed by atoms with Crippen molar-refractivity contribution < 1.29 is 32.5 Å². The highest BCUT2D eigenvalue weighted by molar-refractivity contribution is 5.68. The first-order chi connectivity index (χ1) is 13.0. The van der Waals surface area contributed by atoms with Crippen LogP contribution >= 0.6 is 0 Å². The van der Waals surface area contributed by atoms with Gasteiger partial charge in [0.2, 0.25) is 0 Å². The fourth-order valence-corrected chi connectivity index (χ4v) is 3.64. The van der Waals surface area contributed by atoms with Crippen molar-refractivity contribution in [3.8, 4) is 0 Å². The number of amides is 1. The van der Waals surface area contributed by atoms with Gasteiger partial charge in [-0.05, 0) is 31.4 Å². The minimum Gasteiger partial charge on any atom is -0.441 e. The predicted molar refractivity (Wildman–Crippen MR) is 89.4 cm³/mol. The van der Waals surface area contributed by atoms with E-state index in [9.17, 15) is 18.0 Å². The normalized spacial score (nSPS) is 23.0. The molecule has 0 saturated carbocycles. The highest BCUT2D eigenvalue weighted by Gasteiger charge is 2.44. The lowest BCUT2D eigenvalue weighted by Crippen LogP contribution is -2.47. The molecule has 0 aromatic carbocycles. The summed E-state index contributed by atoms with van der Waals surface area (Å²) in [7, 11) is 0. The van der Waals surface area contributed by atoms with Crippen molar-refractivity contribution >= 4 is 6.09 Å². The van der Waals surface area contributed by atoms with E-state index in [0.29, 0.717) is 44.7 Å². The number of hydrogen-bond donors (Lipinski definition) is 1. The summed E-state index contributed by atoms with van der Waals surface area (Å²) in [6.45, 7) is -0.315. The van der Waals surface area contributed by atoms with Crippen LogP contribution in [0.15, 0.2) is 18.3 Å². The number of rotatable bonds is 5. The summed E-state index contributed by atoms with van der Waals surface area (Å²) >= 11 is 0. The Bertz CT molecular complexity index is 649. The van der Waals surface area contributed by atoms with E-state index in [4.69, 9.17) is 14.6 Å². The van der Waals surface area contributed by atoms with Crippen LogP contribution in [-0.2, 0) is 9.47 Å². The molecule has 3 rings (SSSR count). The van der Waals surface area contributed by atoms with Gasteiger partial charge in [0, 0.05) is 36.5 Å². The molecule has 0 bridgehead atoms. The van der Waals surface area contributed by atoms with E-state index in [2.05, 4.69) is 4.98 Å². The van der Waals surface area contributed by atoms with Crippen LogP contribution in [0.5, 0.6) is 0 Å². The van der Waals surface area contributed by atoms with Crippen LogP contribution in [0.2, 0.25) is 0 Å². The van der Waals surface area contributed by atoms with Crippen molar-refractivity contribution in [1.82, 2.24) is 9.88 Å². The summed E-state index contributed by atoms with van der Waals surface area (Å²) in [6, 6.07) is 2.73. The standard InChI is InChI=1S/C18H23F3N2O4/c19-9-14(10-24)27-17(25)23-5-2-18(3-6-23)8-13(11-26-18)15-7-12(16(20)21)1-4-22-15/h1,4,7,13-14,16,24H,2-3,5-6,8-11H2. The fraction of sp³-hybridized carbons (Fsp3) is 0.667. The Kier molecular flexibility index (Phi) is 6.21. The highest BCUT2D eigenvalue weighted by Crippen LogP contribution is 2.42. The SMILES string of the molecule is O=C(OC(CO)CF)N1CCC2(CC1)CC(c1cc(C(F)F)ccn1)CO2. The van der Waals surface area contributed by atoms with Crippen LogP contribution in [0, 0.1) is 0 Å². The van der Waals surface area contributed by atoms with Gasteiger partial charge in [0.25, 0.3) is 6.43 Å². The maximum absolute atomic E-state index is 12.9. The maximum atomic E-state index is 12.9. The van der Waals surface area contributed by atoms with Gasteiger partial charge in [-0.15, -0.1) is 0 Å². The third-order valence-electron chi connectivity index (χ3n) is 5.26. The Morgan fingerprint density at radius 3 is 2.81 bits per heavy atom. The molecule has 1 N–H and O–H groups in total. The first kappa shape index (κ1) is 19.9. The summed E-state index contributed by atoms with van der Waals surface area (Å²) in [5.41, 5.74) is 0.130. The van der Waals surface area contributed by atoms with Gasteiger partial charge in [-0.3, -0.25) is 4.98 Å². The monoisotopic (exact) mass is 388 g/mol. The number of nitrogens with zero attached hydrogens (tertiary/aromatic N) is 2. The molecule has 1 aromatic rings. The molecule has 2 fully saturated rings. The van der Waals surface area contributed by atoms with E-state index < -0.39 is 37.5 Å². The molecule has 1 aromatic heterocycles. The third kappa shape index (κ3) is 4.52. The second-order valence-corrected chi connectivity index (χ2v) is 7.04. The average molecular weight is 388 g/mol. The highest BCUT2D eigenvalue weighted by atomic mass is 19.3. The summed E-state index contributed by atoms with van der Waals surface area (Å²) in [5, 5.41) is 8.92. The molecule has 2 aliphatic rings. The lowest BCUT2D eigenvalue weighted by molar-refractivity contribution is -0.0475. The Morgan fingerprint density at radius 2 is 2.19 bits per heavy atom. The Balaban J connectivity index is 1.56. The number of aliphatic hydroxyl groups is 1. The minimum absolute atomic E-state index is 0.0511. The molecule has 0 aliphatic carbocycles. The number of piperidine rings is 1. The zero-order valence-electron chi connectivity index (χ0n) is 14.8. The average Bonchev–Trinajstić information content (AvgIpc) is 3.10. The van der Waals surface area contributed by atoms with E-state index >= 15 is 0 Å². The van der Waals surface area contributed by atoms with Gasteiger partial charge >= 0.3 is 6.09 Å². The van der Waals surface area contributed by atoms with Crippen molar-refractivity contribution in [2.45, 2.75) is 43.3 Å². The minimum atomic E-state index is -2.54. The van der Waals surface area contributed by atoms with Gasteiger partial charge in [0.1, 0.15) is 6.67 Å². The predicted octanol–water partition coefficient (Wildman–Crippen LogP) is 2.82. The van der Waals surface area contributed by atoms with Crippen LogP contribution in [0.1, 0.15) is 42.9 Å². The van der Waals surface area contributed by atoms with Gasteiger partial charge in [-0.1, -0.05) is 0 Å². The molecule has 0 radical (unpaired) electrons. The summed E-state index contributed by atoms with van der Waals surface area (Å²) in [5.74, 6) is -0.0625. The molecule has 6 nitrogen and oxygen atoms in total. The number of likely N-dealkylation sites (tertiary alicyclic amines) is 1. The molecule has 2 aliphatic heterocycles. The van der Waals surface area contributed by atoms with Crippen LogP contribution in [-0.4, -0.2) is 65.8 Å². The Morgan fingerprint density at radius 1 is 1.44 bits per heavy atom. The lowest BCUT2D eigenvalue weighted by Gasteiger charge is -2.38. The zero-order chi connectivity index (χ0) is 19.4. The summed E-state index contributed by atoms with van der Waals surface area (Å²) in [6.07, 6.45) is -1.14. The number of ether oxygens (including phenoxy) is 2. The van der Waals surface area contributed by atoms with E-state index in [-0.39, 0.29) is 11.5 Å². The molecule has 3 heterocycles. The Hall–Kier alpha value is -1.87. The number of aromatic nitrogens is 1. The molecule has 9 heteroatoms. The van der Waals surface area contributed by atoms with Crippen molar-refractivity contribution in [3.63, 3.8) is 0 Å². The summed E-state index contributed by atoms with van der Waals surface area (Å²) < 4.78 is 49.3. The number of carbonyl (C=O) groups excluding carboxylic acids is 1. The maximum Gasteiger partial charge on any atom is 0.410 e. The van der Waals surface area contributed by atoms with Gasteiger partial charge in [-0.2, -0.15) is 0 Å². The van der Waals surface area contributed by atoms with Crippen molar-refractivity contribution in [3.05, 3.63) is 29.6 Å². The van der Waals surface area contributed by atoms with Crippen LogP contribution < -0.4 is 0 Å². The van der Waals surface area contributed by atoms with Gasteiger partial charge in [0.05, 0.1) is 18.8 Å². The molecule has 2 atom stereocenters. The number of carbonyl (C=O) groups is 1. The number of pyridine rings is 1. The summed E-state index contributed by atoms with van der Waals surface area (Å²) in [4.78, 5) is 17.7. The van der Waals surface area contributed by atoms with Gasteiger partial charge < -0.3 is 19.5 Å². The second-order valence-electron chi connectivity index (χ2n) is 7.04. The largest absolute Gasteiger partial charge is 0.441 e. The Labute approximate surface area is 155 Å². The number of alkyl halides is 3. The van der Waals surface area contributed by atoms with E-state index in [0.717, 1.165) is 0 Å². The molecule has 2 unspecified atom stereocenters. The molecular weight excluding hydrogens is 365 g/mol. The number of halogens is 3. The van der Waals surface area contributed by atoms with Crippen molar-refractivity contribution in [2.24, 2.45) is 0 Å². The van der Waals surface area contributed by atoms with Gasteiger partial charge in [0.15, 0.2) is 6.10 Å². The van der Waals surface area contributed by atoms with Crippen LogP contribution in [0.25, 0.3) is 0 Å². The molecule has 1 spiro atoms. The smallest absolute Gasteiger partial charge is 0.410 e. The molecule has 27 heavy (non-hydrogen) atoms. The van der Waals surface area contributed by atoms with Crippen LogP contribution in [0.4, 0.5) is 18.0 Å². The zero-order valence-corrected chi connectivity index (χ0v) is 14.8. The first-order valence-electron chi connectivity index (χ1n) is 8.96. The van der Waals surface area contributed by atoms with E-state index in [1.165, 1.54) is 23.2 Å². The molecule has 150 valence electrons. The van der Waals surface area contributed by atoms with E-state index in [1.807, 2.05) is 0 Å². The quantitative estimate of drug-likeness (QED) is 0.840. The fourth-order valence-electron chi connectivity index (χ4n) is 3.64. The third-order valence-corrected chi connectivity index (χ3v) is 5.26. The molecule has 1 amide bonds. The first-order valence-corrected chi connectivity index (χ1v) is 8.96. The van der Waals surface area contributed by atoms with Crippen LogP contribution in [0.3, 0.4) is 0 Å². The second kappa shape index (κ2) is 8.43. The number of hydrogen-bond acceptors (Lipinski definition) is 5. The van der Waals surface area contributed by atoms with Crippen molar-refractivity contribution in [1.29, 1.82) is 0 Å².